The van der Waals surface area contributed by atoms with E-state index in [-0.39, 0.29) is 17.9 Å². The molecule has 21 heavy (non-hydrogen) atoms. The Morgan fingerprint density at radius 3 is 2.48 bits per heavy atom. The van der Waals surface area contributed by atoms with Crippen molar-refractivity contribution in [3.05, 3.63) is 35.4 Å². The molecule has 4 unspecified atom stereocenters. The van der Waals surface area contributed by atoms with Crippen LogP contribution in [0.15, 0.2) is 24.3 Å². The van der Waals surface area contributed by atoms with Gasteiger partial charge in [-0.25, -0.2) is 0 Å². The Balaban J connectivity index is 1.47. The van der Waals surface area contributed by atoms with Gasteiger partial charge in [0, 0.05) is 12.6 Å². The summed E-state index contributed by atoms with van der Waals surface area (Å²) in [4.78, 5) is 12.3. The Bertz CT molecular complexity index is 494. The number of aryl methyl sites for hydroxylation is 1. The molecular weight excluding hydrogens is 260 g/mol. The summed E-state index contributed by atoms with van der Waals surface area (Å²) in [5, 5.41) is 3.10. The molecule has 1 aromatic rings. The summed E-state index contributed by atoms with van der Waals surface area (Å²) in [6.07, 6.45) is 5.54. The van der Waals surface area contributed by atoms with E-state index in [1.165, 1.54) is 24.0 Å². The zero-order chi connectivity index (χ0) is 14.8. The minimum atomic E-state index is 0.0613. The molecule has 2 bridgehead atoms. The molecule has 0 aromatic heterocycles. The molecule has 3 heteroatoms. The highest BCUT2D eigenvalue weighted by molar-refractivity contribution is 5.80. The lowest BCUT2D eigenvalue weighted by Gasteiger charge is -2.27. The topological polar surface area (TPSA) is 55.1 Å². The molecule has 2 aliphatic rings. The molecule has 0 aliphatic heterocycles. The second kappa shape index (κ2) is 6.18. The summed E-state index contributed by atoms with van der Waals surface area (Å²) in [5.41, 5.74) is 8.86. The van der Waals surface area contributed by atoms with Crippen LogP contribution in [0.4, 0.5) is 0 Å². The average Bonchev–Trinajstić information content (AvgIpc) is 3.08. The predicted octanol–water partition coefficient (Wildman–Crippen LogP) is 2.28. The van der Waals surface area contributed by atoms with Crippen molar-refractivity contribution in [1.82, 2.24) is 5.32 Å². The van der Waals surface area contributed by atoms with Gasteiger partial charge in [0.15, 0.2) is 0 Å². The lowest BCUT2D eigenvalue weighted by Crippen LogP contribution is -2.45. The van der Waals surface area contributed by atoms with Crippen LogP contribution < -0.4 is 11.1 Å². The van der Waals surface area contributed by atoms with Crippen LogP contribution in [-0.4, -0.2) is 18.5 Å². The Morgan fingerprint density at radius 1 is 1.19 bits per heavy atom. The first-order valence-electron chi connectivity index (χ1n) is 8.30. The third-order valence-corrected chi connectivity index (χ3v) is 5.43. The van der Waals surface area contributed by atoms with E-state index < -0.39 is 0 Å². The maximum atomic E-state index is 12.3. The van der Waals surface area contributed by atoms with E-state index in [1.54, 1.807) is 0 Å². The Labute approximate surface area is 127 Å². The van der Waals surface area contributed by atoms with Crippen LogP contribution in [0.1, 0.15) is 37.3 Å². The summed E-state index contributed by atoms with van der Waals surface area (Å²) in [6.45, 7) is 2.87. The van der Waals surface area contributed by atoms with Crippen molar-refractivity contribution >= 4 is 5.91 Å². The Hall–Kier alpha value is -1.35. The fourth-order valence-corrected chi connectivity index (χ4v) is 4.11. The van der Waals surface area contributed by atoms with Crippen LogP contribution in [0.3, 0.4) is 0 Å². The summed E-state index contributed by atoms with van der Waals surface area (Å²) in [5.74, 6) is 1.37. The highest BCUT2D eigenvalue weighted by Crippen LogP contribution is 2.47. The fourth-order valence-electron chi connectivity index (χ4n) is 4.11. The van der Waals surface area contributed by atoms with Crippen LogP contribution in [0.2, 0.25) is 0 Å². The minimum absolute atomic E-state index is 0.0613. The van der Waals surface area contributed by atoms with E-state index in [2.05, 4.69) is 36.5 Å². The quantitative estimate of drug-likeness (QED) is 0.872. The van der Waals surface area contributed by atoms with Gasteiger partial charge in [-0.15, -0.1) is 0 Å². The molecule has 0 saturated heterocycles. The largest absolute Gasteiger partial charge is 0.355 e. The molecule has 2 saturated carbocycles. The number of benzene rings is 1. The van der Waals surface area contributed by atoms with E-state index in [9.17, 15) is 4.79 Å². The van der Waals surface area contributed by atoms with Gasteiger partial charge in [-0.1, -0.05) is 31.2 Å². The first kappa shape index (κ1) is 14.6. The van der Waals surface area contributed by atoms with Crippen LogP contribution in [0.5, 0.6) is 0 Å². The summed E-state index contributed by atoms with van der Waals surface area (Å²) < 4.78 is 0. The number of carbonyl (C=O) groups excluding carboxylic acids is 1. The zero-order valence-electron chi connectivity index (χ0n) is 12.8. The molecule has 4 atom stereocenters. The summed E-state index contributed by atoms with van der Waals surface area (Å²) in [6, 6.07) is 8.75. The predicted molar refractivity (Wildman–Crippen MR) is 84.8 cm³/mol. The third kappa shape index (κ3) is 2.98. The number of fused-ring (bicyclic) bond motifs is 2. The van der Waals surface area contributed by atoms with E-state index in [0.717, 1.165) is 19.3 Å². The lowest BCUT2D eigenvalue weighted by molar-refractivity contribution is -0.127. The van der Waals surface area contributed by atoms with Gasteiger partial charge >= 0.3 is 0 Å². The normalized spacial score (nSPS) is 30.6. The number of rotatable bonds is 5. The van der Waals surface area contributed by atoms with E-state index >= 15 is 0 Å². The average molecular weight is 286 g/mol. The third-order valence-electron chi connectivity index (χ3n) is 5.43. The van der Waals surface area contributed by atoms with Gasteiger partial charge in [0.05, 0.1) is 5.92 Å². The van der Waals surface area contributed by atoms with Gasteiger partial charge in [-0.3, -0.25) is 4.79 Å². The first-order chi connectivity index (χ1) is 10.2. The molecule has 1 amide bonds. The molecule has 3 nitrogen and oxygen atoms in total. The van der Waals surface area contributed by atoms with Crippen LogP contribution >= 0.6 is 0 Å². The number of amides is 1. The first-order valence-corrected chi connectivity index (χ1v) is 8.30. The van der Waals surface area contributed by atoms with Gasteiger partial charge in [-0.05, 0) is 55.1 Å². The molecular formula is C18H26N2O. The van der Waals surface area contributed by atoms with Crippen molar-refractivity contribution in [1.29, 1.82) is 0 Å². The second-order valence-corrected chi connectivity index (χ2v) is 6.65. The zero-order valence-corrected chi connectivity index (χ0v) is 12.8. The monoisotopic (exact) mass is 286 g/mol. The van der Waals surface area contributed by atoms with Crippen molar-refractivity contribution in [2.45, 2.75) is 45.1 Å². The summed E-state index contributed by atoms with van der Waals surface area (Å²) in [7, 11) is 0. The molecule has 2 aliphatic carbocycles. The molecule has 0 spiro atoms. The lowest BCUT2D eigenvalue weighted by atomic mass is 9.84. The van der Waals surface area contributed by atoms with Crippen molar-refractivity contribution in [2.24, 2.45) is 23.5 Å². The number of hydrogen-bond acceptors (Lipinski definition) is 2. The van der Waals surface area contributed by atoms with Gasteiger partial charge in [-0.2, -0.15) is 0 Å². The standard InChI is InChI=1S/C18H26N2O/c1-2-12-3-5-13(6-4-12)9-10-20-18(21)16-14-7-8-15(11-14)17(16)19/h3-6,14-17H,2,7-11,19H2,1H3,(H,20,21). The molecule has 0 heterocycles. The molecule has 3 N–H and O–H groups in total. The van der Waals surface area contributed by atoms with E-state index in [0.29, 0.717) is 18.4 Å². The molecule has 3 rings (SSSR count). The number of nitrogens with two attached hydrogens (primary N) is 1. The van der Waals surface area contributed by atoms with E-state index in [4.69, 9.17) is 5.73 Å². The van der Waals surface area contributed by atoms with E-state index in [1.807, 2.05) is 0 Å². The SMILES string of the molecule is CCc1ccc(CCNC(=O)C2C3CCC(C3)C2N)cc1. The summed E-state index contributed by atoms with van der Waals surface area (Å²) >= 11 is 0. The number of hydrogen-bond donors (Lipinski definition) is 2. The van der Waals surface area contributed by atoms with Crippen molar-refractivity contribution in [2.75, 3.05) is 6.54 Å². The van der Waals surface area contributed by atoms with Crippen LogP contribution in [-0.2, 0) is 17.6 Å². The van der Waals surface area contributed by atoms with Gasteiger partial charge in [0.25, 0.3) is 0 Å². The smallest absolute Gasteiger partial charge is 0.224 e. The number of nitrogens with one attached hydrogen (secondary N) is 1. The number of carbonyl (C=O) groups is 1. The Morgan fingerprint density at radius 2 is 1.86 bits per heavy atom. The van der Waals surface area contributed by atoms with Gasteiger partial charge in [0.2, 0.25) is 5.91 Å². The van der Waals surface area contributed by atoms with Crippen molar-refractivity contribution in [3.63, 3.8) is 0 Å². The van der Waals surface area contributed by atoms with Crippen molar-refractivity contribution in [3.8, 4) is 0 Å². The van der Waals surface area contributed by atoms with Gasteiger partial charge in [0.1, 0.15) is 0 Å². The van der Waals surface area contributed by atoms with Gasteiger partial charge < -0.3 is 11.1 Å². The van der Waals surface area contributed by atoms with Crippen molar-refractivity contribution < 1.29 is 4.79 Å². The Kier molecular flexibility index (Phi) is 4.29. The molecule has 2 fully saturated rings. The van der Waals surface area contributed by atoms with Crippen LogP contribution in [0.25, 0.3) is 0 Å². The fraction of sp³-hybridized carbons (Fsp3) is 0.611. The maximum absolute atomic E-state index is 12.3. The molecule has 114 valence electrons. The molecule has 0 radical (unpaired) electrons. The second-order valence-electron chi connectivity index (χ2n) is 6.65. The molecule has 1 aromatic carbocycles. The highest BCUT2D eigenvalue weighted by Gasteiger charge is 2.48. The minimum Gasteiger partial charge on any atom is -0.355 e. The maximum Gasteiger partial charge on any atom is 0.224 e. The highest BCUT2D eigenvalue weighted by atomic mass is 16.1. The van der Waals surface area contributed by atoms with Crippen LogP contribution in [0, 0.1) is 17.8 Å².